The molecule has 1 fully saturated rings. The molecule has 0 aliphatic carbocycles. The van der Waals surface area contributed by atoms with Crippen molar-refractivity contribution in [1.29, 1.82) is 0 Å². The number of para-hydroxylation sites is 1. The molecule has 0 spiro atoms. The number of fused-ring (bicyclic) bond motifs is 1. The summed E-state index contributed by atoms with van der Waals surface area (Å²) in [5, 5.41) is 4.52. The third kappa shape index (κ3) is 3.28. The highest BCUT2D eigenvalue weighted by atomic mass is 16.3. The lowest BCUT2D eigenvalue weighted by atomic mass is 10.1. The first-order chi connectivity index (χ1) is 10.3. The molecule has 1 N–H and O–H groups in total. The largest absolute Gasteiger partial charge is 0.459 e. The first kappa shape index (κ1) is 14.6. The molecule has 0 bridgehead atoms. The summed E-state index contributed by atoms with van der Waals surface area (Å²) < 4.78 is 6.13. The standard InChI is InChI=1S/C17H25N3O/c1-18-12-15-14-6-3-4-7-16(14)21-17(15)13-20-9-5-8-19(2)10-11-20/h3-4,6-7,18H,5,8-13H2,1-2H3. The van der Waals surface area contributed by atoms with Gasteiger partial charge in [-0.25, -0.2) is 0 Å². The fraction of sp³-hybridized carbons (Fsp3) is 0.529. The molecular weight excluding hydrogens is 262 g/mol. The van der Waals surface area contributed by atoms with E-state index in [2.05, 4.69) is 40.4 Å². The van der Waals surface area contributed by atoms with Gasteiger partial charge in [-0.05, 0) is 39.7 Å². The Morgan fingerprint density at radius 1 is 1.14 bits per heavy atom. The molecular formula is C17H25N3O. The van der Waals surface area contributed by atoms with Crippen LogP contribution in [0.4, 0.5) is 0 Å². The maximum absolute atomic E-state index is 6.13. The Labute approximate surface area is 126 Å². The first-order valence-corrected chi connectivity index (χ1v) is 7.82. The van der Waals surface area contributed by atoms with E-state index in [1.54, 1.807) is 0 Å². The van der Waals surface area contributed by atoms with Gasteiger partial charge in [0.05, 0.1) is 6.54 Å². The average molecular weight is 287 g/mol. The molecule has 0 radical (unpaired) electrons. The second kappa shape index (κ2) is 6.60. The molecule has 0 unspecified atom stereocenters. The van der Waals surface area contributed by atoms with E-state index in [9.17, 15) is 0 Å². The summed E-state index contributed by atoms with van der Waals surface area (Å²) in [6.45, 7) is 6.38. The molecule has 2 aromatic rings. The SMILES string of the molecule is CNCc1c(CN2CCCN(C)CC2)oc2ccccc12. The molecule has 0 atom stereocenters. The number of nitrogens with one attached hydrogen (secondary N) is 1. The zero-order valence-electron chi connectivity index (χ0n) is 13.1. The minimum absolute atomic E-state index is 0.861. The third-order valence-corrected chi connectivity index (χ3v) is 4.31. The van der Waals surface area contributed by atoms with Crippen LogP contribution in [0.2, 0.25) is 0 Å². The fourth-order valence-corrected chi connectivity index (χ4v) is 3.11. The summed E-state index contributed by atoms with van der Waals surface area (Å²) >= 11 is 0. The van der Waals surface area contributed by atoms with Gasteiger partial charge in [-0.15, -0.1) is 0 Å². The molecule has 21 heavy (non-hydrogen) atoms. The van der Waals surface area contributed by atoms with Crippen molar-refractivity contribution in [3.63, 3.8) is 0 Å². The number of furan rings is 1. The van der Waals surface area contributed by atoms with Crippen molar-refractivity contribution in [3.8, 4) is 0 Å². The Kier molecular flexibility index (Phi) is 4.58. The van der Waals surface area contributed by atoms with Gasteiger partial charge in [-0.1, -0.05) is 18.2 Å². The van der Waals surface area contributed by atoms with Crippen LogP contribution in [0.25, 0.3) is 11.0 Å². The van der Waals surface area contributed by atoms with E-state index < -0.39 is 0 Å². The summed E-state index contributed by atoms with van der Waals surface area (Å²) in [5.41, 5.74) is 2.32. The number of likely N-dealkylation sites (N-methyl/N-ethyl adjacent to an activating group) is 1. The molecule has 4 nitrogen and oxygen atoms in total. The molecule has 4 heteroatoms. The highest BCUT2D eigenvalue weighted by Crippen LogP contribution is 2.27. The Morgan fingerprint density at radius 3 is 2.86 bits per heavy atom. The van der Waals surface area contributed by atoms with E-state index >= 15 is 0 Å². The van der Waals surface area contributed by atoms with Crippen molar-refractivity contribution in [2.24, 2.45) is 0 Å². The van der Waals surface area contributed by atoms with Crippen molar-refractivity contribution >= 4 is 11.0 Å². The van der Waals surface area contributed by atoms with E-state index in [1.165, 1.54) is 23.9 Å². The smallest absolute Gasteiger partial charge is 0.134 e. The molecule has 114 valence electrons. The summed E-state index contributed by atoms with van der Waals surface area (Å²) in [6.07, 6.45) is 1.23. The molecule has 1 aliphatic rings. The van der Waals surface area contributed by atoms with Crippen LogP contribution in [-0.4, -0.2) is 50.1 Å². The van der Waals surface area contributed by atoms with Crippen molar-refractivity contribution < 1.29 is 4.42 Å². The van der Waals surface area contributed by atoms with Crippen LogP contribution >= 0.6 is 0 Å². The minimum atomic E-state index is 0.861. The second-order valence-corrected chi connectivity index (χ2v) is 5.96. The van der Waals surface area contributed by atoms with Gasteiger partial charge in [0, 0.05) is 30.6 Å². The van der Waals surface area contributed by atoms with E-state index in [1.807, 2.05) is 13.1 Å². The average Bonchev–Trinajstić information content (AvgIpc) is 2.69. The maximum Gasteiger partial charge on any atom is 0.134 e. The lowest BCUT2D eigenvalue weighted by Gasteiger charge is -2.19. The first-order valence-electron chi connectivity index (χ1n) is 7.82. The highest BCUT2D eigenvalue weighted by Gasteiger charge is 2.18. The maximum atomic E-state index is 6.13. The van der Waals surface area contributed by atoms with Crippen molar-refractivity contribution in [3.05, 3.63) is 35.6 Å². The summed E-state index contributed by atoms with van der Waals surface area (Å²) in [6, 6.07) is 8.35. The lowest BCUT2D eigenvalue weighted by Crippen LogP contribution is -2.28. The Balaban J connectivity index is 1.83. The minimum Gasteiger partial charge on any atom is -0.459 e. The Bertz CT molecular complexity index is 593. The van der Waals surface area contributed by atoms with E-state index in [-0.39, 0.29) is 0 Å². The molecule has 0 amide bonds. The summed E-state index contributed by atoms with van der Waals surface area (Å²) in [5.74, 6) is 1.12. The summed E-state index contributed by atoms with van der Waals surface area (Å²) in [7, 11) is 4.20. The number of rotatable bonds is 4. The fourth-order valence-electron chi connectivity index (χ4n) is 3.11. The van der Waals surface area contributed by atoms with Gasteiger partial charge in [-0.3, -0.25) is 4.90 Å². The molecule has 3 rings (SSSR count). The molecule has 0 saturated carbocycles. The van der Waals surface area contributed by atoms with Crippen LogP contribution in [0, 0.1) is 0 Å². The highest BCUT2D eigenvalue weighted by molar-refractivity contribution is 5.82. The Morgan fingerprint density at radius 2 is 2.00 bits per heavy atom. The normalized spacial score (nSPS) is 18.2. The molecule has 1 aliphatic heterocycles. The Hall–Kier alpha value is -1.36. The van der Waals surface area contributed by atoms with Crippen LogP contribution < -0.4 is 5.32 Å². The monoisotopic (exact) mass is 287 g/mol. The quantitative estimate of drug-likeness (QED) is 0.935. The van der Waals surface area contributed by atoms with Crippen molar-refractivity contribution in [2.45, 2.75) is 19.5 Å². The van der Waals surface area contributed by atoms with Crippen LogP contribution in [0.5, 0.6) is 0 Å². The molecule has 2 heterocycles. The second-order valence-electron chi connectivity index (χ2n) is 5.96. The van der Waals surface area contributed by atoms with E-state index in [0.29, 0.717) is 0 Å². The van der Waals surface area contributed by atoms with Gasteiger partial charge < -0.3 is 14.6 Å². The molecule has 1 aromatic heterocycles. The van der Waals surface area contributed by atoms with Crippen LogP contribution in [0.1, 0.15) is 17.7 Å². The number of hydrogen-bond acceptors (Lipinski definition) is 4. The van der Waals surface area contributed by atoms with E-state index in [4.69, 9.17) is 4.42 Å². The van der Waals surface area contributed by atoms with Gasteiger partial charge in [0.1, 0.15) is 11.3 Å². The van der Waals surface area contributed by atoms with Gasteiger partial charge in [0.25, 0.3) is 0 Å². The van der Waals surface area contributed by atoms with Crippen molar-refractivity contribution in [2.75, 3.05) is 40.3 Å². The number of nitrogens with zero attached hydrogens (tertiary/aromatic N) is 2. The molecule has 1 aromatic carbocycles. The lowest BCUT2D eigenvalue weighted by molar-refractivity contribution is 0.250. The topological polar surface area (TPSA) is 31.6 Å². The zero-order chi connectivity index (χ0) is 14.7. The predicted octanol–water partition coefficient (Wildman–Crippen LogP) is 2.29. The van der Waals surface area contributed by atoms with Gasteiger partial charge in [0.15, 0.2) is 0 Å². The predicted molar refractivity (Wildman–Crippen MR) is 86.4 cm³/mol. The number of benzene rings is 1. The molecule has 1 saturated heterocycles. The van der Waals surface area contributed by atoms with Gasteiger partial charge in [-0.2, -0.15) is 0 Å². The van der Waals surface area contributed by atoms with Crippen molar-refractivity contribution in [1.82, 2.24) is 15.1 Å². The van der Waals surface area contributed by atoms with Crippen LogP contribution in [-0.2, 0) is 13.1 Å². The third-order valence-electron chi connectivity index (χ3n) is 4.31. The van der Waals surface area contributed by atoms with Crippen LogP contribution in [0.3, 0.4) is 0 Å². The van der Waals surface area contributed by atoms with Gasteiger partial charge in [0.2, 0.25) is 0 Å². The van der Waals surface area contributed by atoms with E-state index in [0.717, 1.165) is 44.1 Å². The summed E-state index contributed by atoms with van der Waals surface area (Å²) in [4.78, 5) is 4.92. The number of hydrogen-bond donors (Lipinski definition) is 1. The van der Waals surface area contributed by atoms with Gasteiger partial charge >= 0.3 is 0 Å². The van der Waals surface area contributed by atoms with Crippen LogP contribution in [0.15, 0.2) is 28.7 Å². The zero-order valence-corrected chi connectivity index (χ0v) is 13.1.